The first-order valence-corrected chi connectivity index (χ1v) is 7.94. The second-order valence-electron chi connectivity index (χ2n) is 7.45. The highest BCUT2D eigenvalue weighted by Gasteiger charge is 2.31. The predicted octanol–water partition coefficient (Wildman–Crippen LogP) is 2.49. The molecule has 3 heteroatoms. The minimum Gasteiger partial charge on any atom is -0.395 e. The zero-order chi connectivity index (χ0) is 14.5. The molecule has 114 valence electrons. The topological polar surface area (TPSA) is 35.5 Å². The van der Waals surface area contributed by atoms with Crippen LogP contribution in [0.3, 0.4) is 0 Å². The van der Waals surface area contributed by atoms with E-state index in [9.17, 15) is 0 Å². The summed E-state index contributed by atoms with van der Waals surface area (Å²) >= 11 is 0. The van der Waals surface area contributed by atoms with Crippen LogP contribution in [0.4, 0.5) is 0 Å². The van der Waals surface area contributed by atoms with Crippen molar-refractivity contribution in [2.75, 3.05) is 26.2 Å². The van der Waals surface area contributed by atoms with Crippen LogP contribution in [0.2, 0.25) is 0 Å². The summed E-state index contributed by atoms with van der Waals surface area (Å²) in [6.07, 6.45) is 3.76. The Morgan fingerprint density at radius 1 is 1.32 bits per heavy atom. The summed E-state index contributed by atoms with van der Waals surface area (Å²) < 4.78 is 0. The van der Waals surface area contributed by atoms with Crippen LogP contribution in [0.15, 0.2) is 0 Å². The number of aliphatic hydroxyl groups excluding tert-OH is 1. The lowest BCUT2D eigenvalue weighted by atomic mass is 9.79. The van der Waals surface area contributed by atoms with E-state index in [2.05, 4.69) is 44.8 Å². The van der Waals surface area contributed by atoms with Gasteiger partial charge >= 0.3 is 0 Å². The van der Waals surface area contributed by atoms with Crippen molar-refractivity contribution >= 4 is 0 Å². The number of nitrogens with zero attached hydrogens (tertiary/aromatic N) is 1. The third-order valence-electron chi connectivity index (χ3n) is 4.23. The van der Waals surface area contributed by atoms with Gasteiger partial charge in [0.15, 0.2) is 0 Å². The van der Waals surface area contributed by atoms with Crippen molar-refractivity contribution in [3.8, 4) is 0 Å². The molecule has 1 aliphatic heterocycles. The van der Waals surface area contributed by atoms with Crippen molar-refractivity contribution in [2.45, 2.75) is 66.0 Å². The number of piperidine rings is 1. The first-order chi connectivity index (χ1) is 8.85. The van der Waals surface area contributed by atoms with Gasteiger partial charge in [-0.25, -0.2) is 0 Å². The fourth-order valence-electron chi connectivity index (χ4n) is 3.29. The molecule has 0 amide bonds. The van der Waals surface area contributed by atoms with Gasteiger partial charge in [-0.2, -0.15) is 0 Å². The Bertz CT molecular complexity index is 250. The van der Waals surface area contributed by atoms with Crippen LogP contribution in [0.25, 0.3) is 0 Å². The van der Waals surface area contributed by atoms with Gasteiger partial charge < -0.3 is 10.4 Å². The van der Waals surface area contributed by atoms with Crippen molar-refractivity contribution < 1.29 is 5.11 Å². The number of nitrogens with one attached hydrogen (secondary N) is 1. The van der Waals surface area contributed by atoms with Crippen molar-refractivity contribution in [3.63, 3.8) is 0 Å². The molecule has 1 aliphatic rings. The summed E-state index contributed by atoms with van der Waals surface area (Å²) in [5.41, 5.74) is 0.407. The first-order valence-electron chi connectivity index (χ1n) is 7.94. The number of hydrogen-bond donors (Lipinski definition) is 2. The zero-order valence-electron chi connectivity index (χ0n) is 13.6. The minimum absolute atomic E-state index is 0.240. The fourth-order valence-corrected chi connectivity index (χ4v) is 3.29. The second kappa shape index (κ2) is 7.61. The van der Waals surface area contributed by atoms with Crippen LogP contribution >= 0.6 is 0 Å². The monoisotopic (exact) mass is 270 g/mol. The first kappa shape index (κ1) is 16.9. The van der Waals surface area contributed by atoms with E-state index in [0.717, 1.165) is 19.0 Å². The molecule has 0 aromatic heterocycles. The SMILES string of the molecule is CCC(C)N1CC(CC(C)(C)C)CC(NCCO)C1. The third kappa shape index (κ3) is 6.24. The Hall–Kier alpha value is -0.120. The van der Waals surface area contributed by atoms with Gasteiger partial charge in [0.2, 0.25) is 0 Å². The van der Waals surface area contributed by atoms with E-state index in [-0.39, 0.29) is 6.61 Å². The van der Waals surface area contributed by atoms with Crippen molar-refractivity contribution in [2.24, 2.45) is 11.3 Å². The average molecular weight is 270 g/mol. The lowest BCUT2D eigenvalue weighted by Crippen LogP contribution is -2.52. The maximum atomic E-state index is 8.99. The number of rotatable bonds is 6. The molecule has 0 aromatic carbocycles. The molecule has 0 bridgehead atoms. The highest BCUT2D eigenvalue weighted by molar-refractivity contribution is 4.87. The molecule has 1 saturated heterocycles. The van der Waals surface area contributed by atoms with Gasteiger partial charge in [0, 0.05) is 31.7 Å². The normalized spacial score (nSPS) is 27.5. The summed E-state index contributed by atoms with van der Waals surface area (Å²) in [4.78, 5) is 2.63. The van der Waals surface area contributed by atoms with Gasteiger partial charge in [-0.15, -0.1) is 0 Å². The molecule has 0 aliphatic carbocycles. The highest BCUT2D eigenvalue weighted by atomic mass is 16.3. The zero-order valence-corrected chi connectivity index (χ0v) is 13.6. The van der Waals surface area contributed by atoms with Crippen LogP contribution < -0.4 is 5.32 Å². The molecule has 3 atom stereocenters. The summed E-state index contributed by atoms with van der Waals surface area (Å²) in [6, 6.07) is 1.21. The molecule has 19 heavy (non-hydrogen) atoms. The summed E-state index contributed by atoms with van der Waals surface area (Å²) in [6.45, 7) is 15.0. The summed E-state index contributed by atoms with van der Waals surface area (Å²) in [5.74, 6) is 0.777. The van der Waals surface area contributed by atoms with Crippen LogP contribution in [-0.4, -0.2) is 48.3 Å². The molecule has 0 spiro atoms. The summed E-state index contributed by atoms with van der Waals surface area (Å²) in [5, 5.41) is 12.5. The standard InChI is InChI=1S/C16H34N2O/c1-6-13(2)18-11-14(10-16(3,4)5)9-15(12-18)17-7-8-19/h13-15,17,19H,6-12H2,1-5H3. The quantitative estimate of drug-likeness (QED) is 0.778. The molecule has 1 rings (SSSR count). The molecule has 3 nitrogen and oxygen atoms in total. The van der Waals surface area contributed by atoms with E-state index in [0.29, 0.717) is 17.5 Å². The van der Waals surface area contributed by atoms with Gasteiger partial charge in [0.1, 0.15) is 0 Å². The smallest absolute Gasteiger partial charge is 0.0556 e. The van der Waals surface area contributed by atoms with Gasteiger partial charge in [0.05, 0.1) is 6.61 Å². The van der Waals surface area contributed by atoms with Gasteiger partial charge in [-0.05, 0) is 37.5 Å². The lowest BCUT2D eigenvalue weighted by molar-refractivity contribution is 0.0810. The average Bonchev–Trinajstić information content (AvgIpc) is 2.33. The van der Waals surface area contributed by atoms with E-state index >= 15 is 0 Å². The Kier molecular flexibility index (Phi) is 6.78. The van der Waals surface area contributed by atoms with Crippen LogP contribution in [0.5, 0.6) is 0 Å². The fraction of sp³-hybridized carbons (Fsp3) is 1.00. The molecule has 2 N–H and O–H groups in total. The lowest BCUT2D eigenvalue weighted by Gasteiger charge is -2.42. The maximum Gasteiger partial charge on any atom is 0.0556 e. The summed E-state index contributed by atoms with van der Waals surface area (Å²) in [7, 11) is 0. The van der Waals surface area contributed by atoms with Crippen LogP contribution in [0.1, 0.15) is 53.9 Å². The van der Waals surface area contributed by atoms with Gasteiger partial charge in [-0.3, -0.25) is 4.90 Å². The van der Waals surface area contributed by atoms with Crippen LogP contribution in [0, 0.1) is 11.3 Å². The van der Waals surface area contributed by atoms with Crippen molar-refractivity contribution in [3.05, 3.63) is 0 Å². The van der Waals surface area contributed by atoms with E-state index in [1.165, 1.54) is 25.8 Å². The molecule has 0 saturated carbocycles. The second-order valence-corrected chi connectivity index (χ2v) is 7.45. The highest BCUT2D eigenvalue weighted by Crippen LogP contribution is 2.31. The minimum atomic E-state index is 0.240. The molecule has 1 heterocycles. The third-order valence-corrected chi connectivity index (χ3v) is 4.23. The van der Waals surface area contributed by atoms with Gasteiger partial charge in [-0.1, -0.05) is 27.7 Å². The Morgan fingerprint density at radius 2 is 2.00 bits per heavy atom. The molecular weight excluding hydrogens is 236 g/mol. The van der Waals surface area contributed by atoms with E-state index < -0.39 is 0 Å². The molecule has 3 unspecified atom stereocenters. The van der Waals surface area contributed by atoms with E-state index in [1.807, 2.05) is 0 Å². The molecule has 0 radical (unpaired) electrons. The largest absolute Gasteiger partial charge is 0.395 e. The number of likely N-dealkylation sites (tertiary alicyclic amines) is 1. The van der Waals surface area contributed by atoms with E-state index in [1.54, 1.807) is 0 Å². The molecular formula is C16H34N2O. The number of aliphatic hydroxyl groups is 1. The van der Waals surface area contributed by atoms with Crippen molar-refractivity contribution in [1.29, 1.82) is 0 Å². The Balaban J connectivity index is 2.60. The molecule has 1 fully saturated rings. The predicted molar refractivity (Wildman–Crippen MR) is 82.4 cm³/mol. The Labute approximate surface area is 119 Å². The van der Waals surface area contributed by atoms with Crippen molar-refractivity contribution in [1.82, 2.24) is 10.2 Å². The Morgan fingerprint density at radius 3 is 2.53 bits per heavy atom. The maximum absolute atomic E-state index is 8.99. The molecule has 0 aromatic rings. The number of hydrogen-bond acceptors (Lipinski definition) is 3. The van der Waals surface area contributed by atoms with Gasteiger partial charge in [0.25, 0.3) is 0 Å². The van der Waals surface area contributed by atoms with E-state index in [4.69, 9.17) is 5.11 Å². The van der Waals surface area contributed by atoms with Crippen LogP contribution in [-0.2, 0) is 0 Å².